The quantitative estimate of drug-likeness (QED) is 0.710. The van der Waals surface area contributed by atoms with Gasteiger partial charge in [0.15, 0.2) is 0 Å². The van der Waals surface area contributed by atoms with E-state index in [1.165, 1.54) is 0 Å². The molecule has 1 heterocycles. The number of aromatic nitrogens is 2. The van der Waals surface area contributed by atoms with Crippen molar-refractivity contribution in [2.75, 3.05) is 20.6 Å². The third-order valence-corrected chi connectivity index (χ3v) is 1.80. The van der Waals surface area contributed by atoms with E-state index >= 15 is 0 Å². The minimum Gasteiger partial charge on any atom is -0.325 e. The van der Waals surface area contributed by atoms with Crippen LogP contribution in [-0.2, 0) is 13.0 Å². The molecule has 4 heteroatoms. The van der Waals surface area contributed by atoms with E-state index in [2.05, 4.69) is 14.9 Å². The molecule has 0 saturated carbocycles. The molecule has 1 aromatic rings. The van der Waals surface area contributed by atoms with Gasteiger partial charge in [0.25, 0.3) is 0 Å². The van der Waals surface area contributed by atoms with E-state index in [1.54, 1.807) is 6.33 Å². The number of nitrogens with zero attached hydrogens (tertiary/aromatic N) is 3. The SMILES string of the molecule is CN(C)CCc1cc(CN)ncn1. The highest BCUT2D eigenvalue weighted by molar-refractivity contribution is 5.08. The van der Waals surface area contributed by atoms with Crippen molar-refractivity contribution < 1.29 is 0 Å². The second-order valence-corrected chi connectivity index (χ2v) is 3.26. The number of rotatable bonds is 4. The molecule has 0 aromatic carbocycles. The van der Waals surface area contributed by atoms with Crippen molar-refractivity contribution >= 4 is 0 Å². The molecule has 0 radical (unpaired) electrons. The first-order valence-electron chi connectivity index (χ1n) is 4.37. The van der Waals surface area contributed by atoms with Crippen LogP contribution in [-0.4, -0.2) is 35.5 Å². The monoisotopic (exact) mass is 180 g/mol. The summed E-state index contributed by atoms with van der Waals surface area (Å²) in [7, 11) is 4.09. The Kier molecular flexibility index (Phi) is 3.79. The Hall–Kier alpha value is -1.00. The Morgan fingerprint density at radius 2 is 2.00 bits per heavy atom. The van der Waals surface area contributed by atoms with Crippen molar-refractivity contribution in [2.24, 2.45) is 5.73 Å². The maximum Gasteiger partial charge on any atom is 0.115 e. The molecular weight excluding hydrogens is 164 g/mol. The van der Waals surface area contributed by atoms with Gasteiger partial charge in [0.05, 0.1) is 5.69 Å². The van der Waals surface area contributed by atoms with E-state index in [9.17, 15) is 0 Å². The summed E-state index contributed by atoms with van der Waals surface area (Å²) in [6.07, 6.45) is 2.52. The third kappa shape index (κ3) is 3.48. The van der Waals surface area contributed by atoms with Gasteiger partial charge < -0.3 is 10.6 Å². The maximum atomic E-state index is 5.47. The molecule has 0 aliphatic rings. The van der Waals surface area contributed by atoms with Gasteiger partial charge in [-0.15, -0.1) is 0 Å². The largest absolute Gasteiger partial charge is 0.325 e. The fraction of sp³-hybridized carbons (Fsp3) is 0.556. The van der Waals surface area contributed by atoms with Gasteiger partial charge in [-0.05, 0) is 20.2 Å². The van der Waals surface area contributed by atoms with E-state index in [0.29, 0.717) is 6.54 Å². The van der Waals surface area contributed by atoms with Crippen molar-refractivity contribution in [3.8, 4) is 0 Å². The third-order valence-electron chi connectivity index (χ3n) is 1.80. The van der Waals surface area contributed by atoms with E-state index < -0.39 is 0 Å². The van der Waals surface area contributed by atoms with Crippen LogP contribution in [0.15, 0.2) is 12.4 Å². The Morgan fingerprint density at radius 3 is 2.62 bits per heavy atom. The van der Waals surface area contributed by atoms with Gasteiger partial charge in [0.1, 0.15) is 6.33 Å². The first kappa shape index (κ1) is 10.1. The van der Waals surface area contributed by atoms with E-state index in [-0.39, 0.29) is 0 Å². The van der Waals surface area contributed by atoms with Crippen LogP contribution in [0.1, 0.15) is 11.4 Å². The number of likely N-dealkylation sites (N-methyl/N-ethyl adjacent to an activating group) is 1. The number of hydrogen-bond donors (Lipinski definition) is 1. The number of hydrogen-bond acceptors (Lipinski definition) is 4. The molecule has 0 unspecified atom stereocenters. The summed E-state index contributed by atoms with van der Waals surface area (Å²) >= 11 is 0. The molecule has 0 bridgehead atoms. The van der Waals surface area contributed by atoms with Gasteiger partial charge in [0, 0.05) is 25.2 Å². The molecule has 0 saturated heterocycles. The van der Waals surface area contributed by atoms with Gasteiger partial charge in [-0.3, -0.25) is 0 Å². The molecule has 0 spiro atoms. The van der Waals surface area contributed by atoms with Crippen LogP contribution < -0.4 is 5.73 Å². The van der Waals surface area contributed by atoms with Crippen molar-refractivity contribution in [1.82, 2.24) is 14.9 Å². The zero-order valence-corrected chi connectivity index (χ0v) is 8.20. The molecule has 13 heavy (non-hydrogen) atoms. The first-order valence-corrected chi connectivity index (χ1v) is 4.37. The zero-order valence-electron chi connectivity index (χ0n) is 8.20. The summed E-state index contributed by atoms with van der Waals surface area (Å²) in [6.45, 7) is 1.48. The average Bonchev–Trinajstić information content (AvgIpc) is 2.15. The lowest BCUT2D eigenvalue weighted by atomic mass is 10.2. The van der Waals surface area contributed by atoms with Crippen molar-refractivity contribution in [1.29, 1.82) is 0 Å². The van der Waals surface area contributed by atoms with Gasteiger partial charge in [-0.25, -0.2) is 9.97 Å². The van der Waals surface area contributed by atoms with Gasteiger partial charge in [0.2, 0.25) is 0 Å². The van der Waals surface area contributed by atoms with Crippen LogP contribution in [0.25, 0.3) is 0 Å². The normalized spacial score (nSPS) is 10.8. The fourth-order valence-corrected chi connectivity index (χ4v) is 1.03. The van der Waals surface area contributed by atoms with Crippen LogP contribution in [0.2, 0.25) is 0 Å². The summed E-state index contributed by atoms with van der Waals surface area (Å²) in [6, 6.07) is 1.96. The fourth-order valence-electron chi connectivity index (χ4n) is 1.03. The topological polar surface area (TPSA) is 55.0 Å². The van der Waals surface area contributed by atoms with E-state index in [1.807, 2.05) is 20.2 Å². The number of nitrogens with two attached hydrogens (primary N) is 1. The molecule has 0 amide bonds. The predicted molar refractivity (Wildman–Crippen MR) is 52.2 cm³/mol. The summed E-state index contributed by atoms with van der Waals surface area (Å²) in [4.78, 5) is 10.3. The Labute approximate surface area is 78.8 Å². The predicted octanol–water partition coefficient (Wildman–Crippen LogP) is 0.0394. The van der Waals surface area contributed by atoms with Crippen LogP contribution in [0, 0.1) is 0 Å². The van der Waals surface area contributed by atoms with Gasteiger partial charge >= 0.3 is 0 Å². The summed E-state index contributed by atoms with van der Waals surface area (Å²) in [5.74, 6) is 0. The molecule has 0 atom stereocenters. The lowest BCUT2D eigenvalue weighted by Crippen LogP contribution is -2.16. The highest BCUT2D eigenvalue weighted by atomic mass is 15.0. The molecule has 4 nitrogen and oxygen atoms in total. The Balaban J connectivity index is 2.56. The van der Waals surface area contributed by atoms with E-state index in [0.717, 1.165) is 24.4 Å². The summed E-state index contributed by atoms with van der Waals surface area (Å²) in [5.41, 5.74) is 7.44. The van der Waals surface area contributed by atoms with Gasteiger partial charge in [-0.1, -0.05) is 0 Å². The average molecular weight is 180 g/mol. The van der Waals surface area contributed by atoms with Crippen LogP contribution in [0.4, 0.5) is 0 Å². The minimum absolute atomic E-state index is 0.484. The zero-order chi connectivity index (χ0) is 9.68. The minimum atomic E-state index is 0.484. The molecule has 2 N–H and O–H groups in total. The first-order chi connectivity index (χ1) is 6.22. The van der Waals surface area contributed by atoms with Crippen molar-refractivity contribution in [3.63, 3.8) is 0 Å². The van der Waals surface area contributed by atoms with Crippen LogP contribution in [0.3, 0.4) is 0 Å². The smallest absolute Gasteiger partial charge is 0.115 e. The lowest BCUT2D eigenvalue weighted by molar-refractivity contribution is 0.411. The molecule has 72 valence electrons. The highest BCUT2D eigenvalue weighted by Gasteiger charge is 1.98. The van der Waals surface area contributed by atoms with Crippen LogP contribution in [0.5, 0.6) is 0 Å². The molecule has 0 aliphatic carbocycles. The Morgan fingerprint density at radius 1 is 1.31 bits per heavy atom. The second-order valence-electron chi connectivity index (χ2n) is 3.26. The maximum absolute atomic E-state index is 5.47. The summed E-state index contributed by atoms with van der Waals surface area (Å²) in [5, 5.41) is 0. The molecule has 1 rings (SSSR count). The van der Waals surface area contributed by atoms with Gasteiger partial charge in [-0.2, -0.15) is 0 Å². The molecule has 0 fully saturated rings. The molecular formula is C9H16N4. The lowest BCUT2D eigenvalue weighted by Gasteiger charge is -2.08. The highest BCUT2D eigenvalue weighted by Crippen LogP contribution is 1.98. The molecule has 0 aliphatic heterocycles. The van der Waals surface area contributed by atoms with Crippen molar-refractivity contribution in [2.45, 2.75) is 13.0 Å². The second kappa shape index (κ2) is 4.89. The van der Waals surface area contributed by atoms with Crippen molar-refractivity contribution in [3.05, 3.63) is 23.8 Å². The molecule has 1 aromatic heterocycles. The van der Waals surface area contributed by atoms with Crippen LogP contribution >= 0.6 is 0 Å². The Bertz CT molecular complexity index is 260. The van der Waals surface area contributed by atoms with E-state index in [4.69, 9.17) is 5.73 Å². The standard InChI is InChI=1S/C9H16N4/c1-13(2)4-3-8-5-9(6-10)12-7-11-8/h5,7H,3-4,6,10H2,1-2H3. The summed E-state index contributed by atoms with van der Waals surface area (Å²) < 4.78 is 0.